The van der Waals surface area contributed by atoms with Gasteiger partial charge >= 0.3 is 12.3 Å². The Labute approximate surface area is 157 Å². The molecular weight excluding hydrogens is 381 g/mol. The molecule has 0 aliphatic carbocycles. The van der Waals surface area contributed by atoms with E-state index in [9.17, 15) is 22.8 Å². The standard InChI is InChI=1S/C17H17F3N4O4/c1-22-16(26)28-13(10-3-2-4-12(7-10)17(18,19)20)9-24-6-5-11(8-14(24)25)15(21)23-27/h2-8,13,27H,9H2,1H3,(H2,21,23)(H,22,26). The van der Waals surface area contributed by atoms with Crippen LogP contribution in [-0.2, 0) is 17.5 Å². The largest absolute Gasteiger partial charge is 0.439 e. The minimum absolute atomic E-state index is 0.0610. The summed E-state index contributed by atoms with van der Waals surface area (Å²) in [4.78, 5) is 23.9. The smallest absolute Gasteiger partial charge is 0.416 e. The molecule has 0 fully saturated rings. The number of carbonyl (C=O) groups is 1. The Kier molecular flexibility index (Phi) is 6.29. The quantitative estimate of drug-likeness (QED) is 0.308. The molecule has 1 unspecified atom stereocenters. The summed E-state index contributed by atoms with van der Waals surface area (Å²) in [6.07, 6.45) is -5.32. The minimum Gasteiger partial charge on any atom is -0.439 e. The Bertz CT molecular complexity index is 940. The van der Waals surface area contributed by atoms with E-state index in [4.69, 9.17) is 15.7 Å². The van der Waals surface area contributed by atoms with Crippen LogP contribution in [0.4, 0.5) is 18.0 Å². The van der Waals surface area contributed by atoms with Gasteiger partial charge in [0.15, 0.2) is 5.84 Å². The molecule has 150 valence electrons. The molecule has 0 bridgehead atoms. The van der Waals surface area contributed by atoms with Crippen LogP contribution >= 0.6 is 0 Å². The Balaban J connectivity index is 2.40. The first-order valence-corrected chi connectivity index (χ1v) is 7.89. The van der Waals surface area contributed by atoms with Crippen LogP contribution in [0, 0.1) is 0 Å². The Morgan fingerprint density at radius 3 is 2.64 bits per heavy atom. The van der Waals surface area contributed by atoms with Crippen LogP contribution in [0.1, 0.15) is 22.8 Å². The highest BCUT2D eigenvalue weighted by Gasteiger charge is 2.31. The number of amides is 1. The topological polar surface area (TPSA) is 119 Å². The molecule has 2 aromatic rings. The molecule has 1 amide bonds. The molecule has 4 N–H and O–H groups in total. The number of pyridine rings is 1. The molecule has 0 saturated heterocycles. The maximum absolute atomic E-state index is 13.0. The van der Waals surface area contributed by atoms with E-state index in [0.717, 1.165) is 22.8 Å². The average Bonchev–Trinajstić information content (AvgIpc) is 2.67. The molecule has 1 atom stereocenters. The molecule has 2 rings (SSSR count). The van der Waals surface area contributed by atoms with Crippen LogP contribution in [0.2, 0.25) is 0 Å². The summed E-state index contributed by atoms with van der Waals surface area (Å²) in [5.74, 6) is -0.278. The van der Waals surface area contributed by atoms with Gasteiger partial charge in [-0.2, -0.15) is 13.2 Å². The van der Waals surface area contributed by atoms with Crippen molar-refractivity contribution in [3.63, 3.8) is 0 Å². The molecule has 1 aromatic heterocycles. The number of alkyl carbamates (subject to hydrolysis) is 1. The van der Waals surface area contributed by atoms with E-state index in [1.54, 1.807) is 0 Å². The van der Waals surface area contributed by atoms with Crippen molar-refractivity contribution in [1.82, 2.24) is 9.88 Å². The molecule has 1 heterocycles. The molecule has 0 aliphatic heterocycles. The molecule has 0 radical (unpaired) electrons. The van der Waals surface area contributed by atoms with Gasteiger partial charge in [0, 0.05) is 24.9 Å². The van der Waals surface area contributed by atoms with Crippen molar-refractivity contribution in [3.05, 3.63) is 69.6 Å². The molecular formula is C17H17F3N4O4. The zero-order valence-electron chi connectivity index (χ0n) is 14.6. The first kappa shape index (κ1) is 20.8. The molecule has 0 spiro atoms. The number of amidine groups is 1. The lowest BCUT2D eigenvalue weighted by molar-refractivity contribution is -0.137. The Hall–Kier alpha value is -3.50. The molecule has 0 aliphatic rings. The predicted molar refractivity (Wildman–Crippen MR) is 92.9 cm³/mol. The average molecular weight is 398 g/mol. The van der Waals surface area contributed by atoms with Gasteiger partial charge in [0.05, 0.1) is 12.1 Å². The van der Waals surface area contributed by atoms with E-state index < -0.39 is 29.5 Å². The second kappa shape index (κ2) is 8.46. The Morgan fingerprint density at radius 1 is 1.36 bits per heavy atom. The zero-order chi connectivity index (χ0) is 20.9. The summed E-state index contributed by atoms with van der Waals surface area (Å²) < 4.78 is 45.2. The van der Waals surface area contributed by atoms with Crippen molar-refractivity contribution in [3.8, 4) is 0 Å². The van der Waals surface area contributed by atoms with Gasteiger partial charge in [-0.05, 0) is 23.8 Å². The van der Waals surface area contributed by atoms with Crippen molar-refractivity contribution < 1.29 is 27.9 Å². The number of oxime groups is 1. The maximum Gasteiger partial charge on any atom is 0.416 e. The molecule has 8 nitrogen and oxygen atoms in total. The third-order valence-corrected chi connectivity index (χ3v) is 3.80. The van der Waals surface area contributed by atoms with Crippen LogP contribution in [-0.4, -0.2) is 28.8 Å². The maximum atomic E-state index is 13.0. The number of nitrogens with one attached hydrogen (secondary N) is 1. The van der Waals surface area contributed by atoms with Crippen LogP contribution in [0.15, 0.2) is 52.5 Å². The van der Waals surface area contributed by atoms with Gasteiger partial charge in [0.25, 0.3) is 5.56 Å². The first-order valence-electron chi connectivity index (χ1n) is 7.89. The molecule has 11 heteroatoms. The highest BCUT2D eigenvalue weighted by molar-refractivity contribution is 5.96. The zero-order valence-corrected chi connectivity index (χ0v) is 14.6. The summed E-state index contributed by atoms with van der Waals surface area (Å²) in [5, 5.41) is 13.7. The van der Waals surface area contributed by atoms with Gasteiger partial charge in [-0.15, -0.1) is 0 Å². The summed E-state index contributed by atoms with van der Waals surface area (Å²) >= 11 is 0. The number of rotatable bonds is 5. The summed E-state index contributed by atoms with van der Waals surface area (Å²) in [6, 6.07) is 6.74. The van der Waals surface area contributed by atoms with Crippen molar-refractivity contribution >= 4 is 11.9 Å². The van der Waals surface area contributed by atoms with Crippen molar-refractivity contribution in [1.29, 1.82) is 0 Å². The lowest BCUT2D eigenvalue weighted by Gasteiger charge is -2.20. The normalized spacial score (nSPS) is 13.1. The van der Waals surface area contributed by atoms with Crippen LogP contribution in [0.3, 0.4) is 0 Å². The van der Waals surface area contributed by atoms with Crippen molar-refractivity contribution in [2.45, 2.75) is 18.8 Å². The number of alkyl halides is 3. The van der Waals surface area contributed by atoms with Gasteiger partial charge in [-0.3, -0.25) is 4.79 Å². The second-order valence-corrected chi connectivity index (χ2v) is 5.66. The summed E-state index contributed by atoms with van der Waals surface area (Å²) in [7, 11) is 1.30. The van der Waals surface area contributed by atoms with Crippen LogP contribution in [0.5, 0.6) is 0 Å². The predicted octanol–water partition coefficient (Wildman–Crippen LogP) is 2.06. The monoisotopic (exact) mass is 398 g/mol. The van der Waals surface area contributed by atoms with E-state index in [1.165, 1.54) is 31.4 Å². The fraction of sp³-hybridized carbons (Fsp3) is 0.235. The number of carbonyl (C=O) groups excluding carboxylic acids is 1. The van der Waals surface area contributed by atoms with E-state index in [1.807, 2.05) is 0 Å². The molecule has 1 aromatic carbocycles. The first-order chi connectivity index (χ1) is 13.2. The van der Waals surface area contributed by atoms with Gasteiger partial charge in [0.2, 0.25) is 0 Å². The third kappa shape index (κ3) is 5.02. The van der Waals surface area contributed by atoms with E-state index >= 15 is 0 Å². The highest BCUT2D eigenvalue weighted by atomic mass is 19.4. The van der Waals surface area contributed by atoms with Crippen LogP contribution in [0.25, 0.3) is 0 Å². The summed E-state index contributed by atoms with van der Waals surface area (Å²) in [5.41, 5.74) is 4.14. The van der Waals surface area contributed by atoms with E-state index in [0.29, 0.717) is 0 Å². The molecule has 0 saturated carbocycles. The Morgan fingerprint density at radius 2 is 2.07 bits per heavy atom. The van der Waals surface area contributed by atoms with Gasteiger partial charge in [0.1, 0.15) is 6.10 Å². The number of hydrogen-bond acceptors (Lipinski definition) is 5. The number of halogens is 3. The number of benzene rings is 1. The SMILES string of the molecule is CNC(=O)OC(Cn1ccc(C(N)=NO)cc1=O)c1cccc(C(F)(F)F)c1. The number of aromatic nitrogens is 1. The van der Waals surface area contributed by atoms with Gasteiger partial charge in [-0.25, -0.2) is 4.79 Å². The lowest BCUT2D eigenvalue weighted by Crippen LogP contribution is -2.29. The van der Waals surface area contributed by atoms with Crippen LogP contribution < -0.4 is 16.6 Å². The van der Waals surface area contributed by atoms with E-state index in [2.05, 4.69) is 10.5 Å². The van der Waals surface area contributed by atoms with E-state index in [-0.39, 0.29) is 23.5 Å². The fourth-order valence-electron chi connectivity index (χ4n) is 2.37. The molecule has 28 heavy (non-hydrogen) atoms. The van der Waals surface area contributed by atoms with Gasteiger partial charge < -0.3 is 25.6 Å². The highest BCUT2D eigenvalue weighted by Crippen LogP contribution is 2.31. The van der Waals surface area contributed by atoms with Gasteiger partial charge in [-0.1, -0.05) is 17.3 Å². The van der Waals surface area contributed by atoms with Crippen molar-refractivity contribution in [2.75, 3.05) is 7.05 Å². The summed E-state index contributed by atoms with van der Waals surface area (Å²) in [6.45, 7) is -0.246. The second-order valence-electron chi connectivity index (χ2n) is 5.66. The number of hydrogen-bond donors (Lipinski definition) is 3. The third-order valence-electron chi connectivity index (χ3n) is 3.80. The minimum atomic E-state index is -4.58. The van der Waals surface area contributed by atoms with Crippen molar-refractivity contribution in [2.24, 2.45) is 10.9 Å². The lowest BCUT2D eigenvalue weighted by atomic mass is 10.1. The number of ether oxygens (including phenoxy) is 1. The number of nitrogens with two attached hydrogens (primary N) is 1. The fourth-order valence-corrected chi connectivity index (χ4v) is 2.37. The number of nitrogens with zero attached hydrogens (tertiary/aromatic N) is 2.